The van der Waals surface area contributed by atoms with Gasteiger partial charge in [0.05, 0.1) is 22.4 Å². The number of nitrogens with zero attached hydrogens (tertiary/aromatic N) is 3. The fourth-order valence-electron chi connectivity index (χ4n) is 2.21. The monoisotopic (exact) mass is 338 g/mol. The summed E-state index contributed by atoms with van der Waals surface area (Å²) in [4.78, 5) is 0. The van der Waals surface area contributed by atoms with Crippen molar-refractivity contribution in [3.8, 4) is 0 Å². The molecule has 110 valence electrons. The van der Waals surface area contributed by atoms with Crippen LogP contribution in [0.15, 0.2) is 22.9 Å². The van der Waals surface area contributed by atoms with E-state index < -0.39 is 0 Å². The summed E-state index contributed by atoms with van der Waals surface area (Å²) in [6.45, 7) is 11.1. The molecule has 0 saturated carbocycles. The van der Waals surface area contributed by atoms with E-state index in [0.717, 1.165) is 29.8 Å². The normalized spacial score (nSPS) is 11.5. The van der Waals surface area contributed by atoms with E-state index in [9.17, 15) is 0 Å². The Morgan fingerprint density at radius 1 is 1.40 bits per heavy atom. The third-order valence-electron chi connectivity index (χ3n) is 3.31. The fourth-order valence-corrected chi connectivity index (χ4v) is 2.62. The zero-order valence-corrected chi connectivity index (χ0v) is 14.2. The van der Waals surface area contributed by atoms with Gasteiger partial charge >= 0.3 is 0 Å². The zero-order chi connectivity index (χ0) is 14.7. The maximum atomic E-state index is 4.54. The molecule has 20 heavy (non-hydrogen) atoms. The molecule has 2 rings (SSSR count). The van der Waals surface area contributed by atoms with Crippen molar-refractivity contribution in [2.45, 2.75) is 53.4 Å². The number of hydrogen-bond donors (Lipinski definition) is 1. The van der Waals surface area contributed by atoms with Gasteiger partial charge in [-0.3, -0.25) is 4.68 Å². The van der Waals surface area contributed by atoms with Gasteiger partial charge in [-0.2, -0.15) is 5.10 Å². The second-order valence-electron chi connectivity index (χ2n) is 5.39. The summed E-state index contributed by atoms with van der Waals surface area (Å²) in [7, 11) is 0. The van der Waals surface area contributed by atoms with Crippen molar-refractivity contribution in [2.24, 2.45) is 0 Å². The summed E-state index contributed by atoms with van der Waals surface area (Å²) in [5.74, 6) is 0. The van der Waals surface area contributed by atoms with Gasteiger partial charge in [0, 0.05) is 31.5 Å². The van der Waals surface area contributed by atoms with Gasteiger partial charge in [0.25, 0.3) is 0 Å². The van der Waals surface area contributed by atoms with Gasteiger partial charge in [0.1, 0.15) is 0 Å². The maximum absolute atomic E-state index is 4.54. The predicted octanol–water partition coefficient (Wildman–Crippen LogP) is 3.32. The molecule has 0 bridgehead atoms. The van der Waals surface area contributed by atoms with Crippen molar-refractivity contribution < 1.29 is 0 Å². The standard InChI is InChI=1S/C15H23BrN4/c1-5-20-14(15(16)12(4)18-20)10-19-7-6-13(9-19)8-17-11(2)3/h6-7,9,11,17H,5,8,10H2,1-4H3. The van der Waals surface area contributed by atoms with Crippen molar-refractivity contribution in [3.05, 3.63) is 39.9 Å². The van der Waals surface area contributed by atoms with E-state index in [-0.39, 0.29) is 0 Å². The molecule has 0 fully saturated rings. The number of nitrogens with one attached hydrogen (secondary N) is 1. The highest BCUT2D eigenvalue weighted by Gasteiger charge is 2.12. The first-order valence-corrected chi connectivity index (χ1v) is 7.90. The molecular formula is C15H23BrN4. The minimum Gasteiger partial charge on any atom is -0.348 e. The van der Waals surface area contributed by atoms with Crippen LogP contribution < -0.4 is 5.32 Å². The lowest BCUT2D eigenvalue weighted by Gasteiger charge is -2.07. The smallest absolute Gasteiger partial charge is 0.0739 e. The first-order valence-electron chi connectivity index (χ1n) is 7.11. The number of halogens is 1. The van der Waals surface area contributed by atoms with Crippen LogP contribution >= 0.6 is 15.9 Å². The summed E-state index contributed by atoms with van der Waals surface area (Å²) < 4.78 is 5.39. The van der Waals surface area contributed by atoms with E-state index >= 15 is 0 Å². The van der Waals surface area contributed by atoms with Crippen LogP contribution in [0, 0.1) is 6.92 Å². The van der Waals surface area contributed by atoms with E-state index in [1.165, 1.54) is 11.3 Å². The van der Waals surface area contributed by atoms with E-state index in [0.29, 0.717) is 6.04 Å². The van der Waals surface area contributed by atoms with Crippen molar-refractivity contribution in [1.82, 2.24) is 19.7 Å². The highest BCUT2D eigenvalue weighted by atomic mass is 79.9. The number of rotatable bonds is 6. The maximum Gasteiger partial charge on any atom is 0.0739 e. The average molecular weight is 339 g/mol. The highest BCUT2D eigenvalue weighted by Crippen LogP contribution is 2.22. The fraction of sp³-hybridized carbons (Fsp3) is 0.533. The van der Waals surface area contributed by atoms with Crippen LogP contribution in [-0.4, -0.2) is 20.4 Å². The van der Waals surface area contributed by atoms with Crippen LogP contribution in [0.3, 0.4) is 0 Å². The molecule has 0 radical (unpaired) electrons. The van der Waals surface area contributed by atoms with Crippen LogP contribution in [0.5, 0.6) is 0 Å². The summed E-state index contributed by atoms with van der Waals surface area (Å²) in [5, 5.41) is 7.97. The van der Waals surface area contributed by atoms with E-state index in [1.807, 2.05) is 6.92 Å². The summed E-state index contributed by atoms with van der Waals surface area (Å²) in [6.07, 6.45) is 4.33. The quantitative estimate of drug-likeness (QED) is 0.876. The Morgan fingerprint density at radius 2 is 2.15 bits per heavy atom. The lowest BCUT2D eigenvalue weighted by Crippen LogP contribution is -2.21. The summed E-state index contributed by atoms with van der Waals surface area (Å²) in [5.41, 5.74) is 3.59. The Hall–Kier alpha value is -1.07. The molecule has 2 heterocycles. The lowest BCUT2D eigenvalue weighted by atomic mass is 10.3. The van der Waals surface area contributed by atoms with Gasteiger partial charge in [-0.1, -0.05) is 13.8 Å². The molecule has 0 aliphatic carbocycles. The van der Waals surface area contributed by atoms with E-state index in [2.05, 4.69) is 74.8 Å². The Balaban J connectivity index is 2.10. The van der Waals surface area contributed by atoms with Gasteiger partial charge in [-0.25, -0.2) is 0 Å². The van der Waals surface area contributed by atoms with E-state index in [1.54, 1.807) is 0 Å². The van der Waals surface area contributed by atoms with Gasteiger partial charge in [-0.15, -0.1) is 0 Å². The Kier molecular flexibility index (Phi) is 5.05. The number of hydrogen-bond acceptors (Lipinski definition) is 2. The second-order valence-corrected chi connectivity index (χ2v) is 6.18. The molecule has 0 amide bonds. The molecule has 0 aliphatic heterocycles. The first kappa shape index (κ1) is 15.3. The van der Waals surface area contributed by atoms with Crippen LogP contribution in [-0.2, 0) is 19.6 Å². The molecule has 0 unspecified atom stereocenters. The Bertz CT molecular complexity index is 568. The van der Waals surface area contributed by atoms with E-state index in [4.69, 9.17) is 0 Å². The minimum absolute atomic E-state index is 0.511. The molecule has 4 nitrogen and oxygen atoms in total. The Labute approximate surface area is 129 Å². The summed E-state index contributed by atoms with van der Waals surface area (Å²) in [6, 6.07) is 2.68. The molecular weight excluding hydrogens is 316 g/mol. The largest absolute Gasteiger partial charge is 0.348 e. The average Bonchev–Trinajstić information content (AvgIpc) is 2.96. The van der Waals surface area contributed by atoms with Crippen molar-refractivity contribution in [2.75, 3.05) is 0 Å². The van der Waals surface area contributed by atoms with Crippen LogP contribution in [0.1, 0.15) is 37.7 Å². The molecule has 2 aromatic heterocycles. The molecule has 5 heteroatoms. The summed E-state index contributed by atoms with van der Waals surface area (Å²) >= 11 is 3.65. The third-order valence-corrected chi connectivity index (χ3v) is 4.34. The van der Waals surface area contributed by atoms with Gasteiger partial charge in [-0.05, 0) is 41.4 Å². The second kappa shape index (κ2) is 6.59. The number of aromatic nitrogens is 3. The SMILES string of the molecule is CCn1nc(C)c(Br)c1Cn1ccc(CNC(C)C)c1. The molecule has 0 aliphatic rings. The molecule has 0 spiro atoms. The number of aryl methyl sites for hydroxylation is 2. The topological polar surface area (TPSA) is 34.8 Å². The zero-order valence-electron chi connectivity index (χ0n) is 12.7. The van der Waals surface area contributed by atoms with Crippen molar-refractivity contribution >= 4 is 15.9 Å². The van der Waals surface area contributed by atoms with Crippen LogP contribution in [0.4, 0.5) is 0 Å². The van der Waals surface area contributed by atoms with Crippen molar-refractivity contribution in [1.29, 1.82) is 0 Å². The van der Waals surface area contributed by atoms with Gasteiger partial charge < -0.3 is 9.88 Å². The minimum atomic E-state index is 0.511. The predicted molar refractivity (Wildman–Crippen MR) is 85.8 cm³/mol. The molecule has 0 saturated heterocycles. The van der Waals surface area contributed by atoms with Gasteiger partial charge in [0.2, 0.25) is 0 Å². The molecule has 0 aromatic carbocycles. The van der Waals surface area contributed by atoms with Crippen LogP contribution in [0.2, 0.25) is 0 Å². The lowest BCUT2D eigenvalue weighted by molar-refractivity contribution is 0.584. The van der Waals surface area contributed by atoms with Crippen LogP contribution in [0.25, 0.3) is 0 Å². The molecule has 1 N–H and O–H groups in total. The Morgan fingerprint density at radius 3 is 2.80 bits per heavy atom. The first-order chi connectivity index (χ1) is 9.51. The molecule has 0 atom stereocenters. The van der Waals surface area contributed by atoms with Crippen molar-refractivity contribution in [3.63, 3.8) is 0 Å². The third kappa shape index (κ3) is 3.52. The van der Waals surface area contributed by atoms with Gasteiger partial charge in [0.15, 0.2) is 0 Å². The molecule has 2 aromatic rings. The highest BCUT2D eigenvalue weighted by molar-refractivity contribution is 9.10.